The molecule has 6 heteroatoms. The summed E-state index contributed by atoms with van der Waals surface area (Å²) in [6.45, 7) is 6.40. The number of hydrogen-bond acceptors (Lipinski definition) is 3. The van der Waals surface area contributed by atoms with Crippen molar-refractivity contribution in [3.63, 3.8) is 0 Å². The summed E-state index contributed by atoms with van der Waals surface area (Å²) in [5.74, 6) is 0. The third-order valence-corrected chi connectivity index (χ3v) is 4.99. The minimum atomic E-state index is 0.0391. The van der Waals surface area contributed by atoms with E-state index in [0.29, 0.717) is 0 Å². The van der Waals surface area contributed by atoms with E-state index in [-0.39, 0.29) is 6.98 Å². The van der Waals surface area contributed by atoms with Gasteiger partial charge in [-0.3, -0.25) is 0 Å². The molecule has 0 unspecified atom stereocenters. The molecule has 3 aromatic carbocycles. The maximum atomic E-state index is 3.32. The van der Waals surface area contributed by atoms with E-state index in [4.69, 9.17) is 0 Å². The Morgan fingerprint density at radius 1 is 0.593 bits per heavy atom. The van der Waals surface area contributed by atoms with Gasteiger partial charge in [0.05, 0.1) is 0 Å². The molecule has 0 bridgehead atoms. The first kappa shape index (κ1) is 17.8. The summed E-state index contributed by atoms with van der Waals surface area (Å²) in [6, 6.07) is 26.1. The van der Waals surface area contributed by atoms with Crippen molar-refractivity contribution < 1.29 is 0 Å². The second-order valence-electron chi connectivity index (χ2n) is 7.19. The Balaban J connectivity index is 1.78. The number of hydrogen-bond donors (Lipinski definition) is 1. The van der Waals surface area contributed by atoms with Crippen molar-refractivity contribution in [2.24, 2.45) is 0 Å². The summed E-state index contributed by atoms with van der Waals surface area (Å²) < 4.78 is 4.56. The third-order valence-electron chi connectivity index (χ3n) is 4.99. The molecule has 3 aromatic rings. The van der Waals surface area contributed by atoms with Gasteiger partial charge in [-0.2, -0.15) is 0 Å². The molecule has 1 N–H and O–H groups in total. The largest absolute Gasteiger partial charge is 0.429 e. The molecule has 0 spiro atoms. The van der Waals surface area contributed by atoms with E-state index in [1.807, 2.05) is 15.1 Å². The molecule has 0 saturated carbocycles. The van der Waals surface area contributed by atoms with Crippen molar-refractivity contribution in [3.8, 4) is 0 Å². The van der Waals surface area contributed by atoms with Crippen LogP contribution in [0.1, 0.15) is 16.7 Å². The zero-order chi connectivity index (χ0) is 18.8. The minimum absolute atomic E-state index is 0.0391. The lowest BCUT2D eigenvalue weighted by molar-refractivity contribution is 1.30. The molecule has 130 valence electrons. The topological polar surface area (TPSA) is 18.5 Å². The highest BCUT2D eigenvalue weighted by Gasteiger charge is 2.37. The molecule has 27 heavy (non-hydrogen) atoms. The van der Waals surface area contributed by atoms with E-state index >= 15 is 0 Å². The fraction of sp³-hybridized carbons (Fsp3) is 0.143. The Kier molecular flexibility index (Phi) is 5.00. The second kappa shape index (κ2) is 7.57. The van der Waals surface area contributed by atoms with Crippen LogP contribution in [-0.2, 0) is 0 Å². The molecule has 1 aliphatic rings. The maximum Gasteiger partial charge on any atom is 0.386 e. The van der Waals surface area contributed by atoms with Gasteiger partial charge in [0.15, 0.2) is 0 Å². The fourth-order valence-electron chi connectivity index (χ4n) is 3.39. The molecule has 2 radical (unpaired) electrons. The highest BCUT2D eigenvalue weighted by Crippen LogP contribution is 2.23. The Morgan fingerprint density at radius 2 is 0.963 bits per heavy atom. The molecule has 3 nitrogen and oxygen atoms in total. The fourth-order valence-corrected chi connectivity index (χ4v) is 3.39. The summed E-state index contributed by atoms with van der Waals surface area (Å²) in [5.41, 5.74) is 7.35. The number of benzene rings is 3. The van der Waals surface area contributed by atoms with Crippen LogP contribution in [-0.4, -0.2) is 22.1 Å². The monoisotopic (exact) mass is 349 g/mol. The predicted molar refractivity (Wildman–Crippen MR) is 119 cm³/mol. The van der Waals surface area contributed by atoms with Crippen LogP contribution >= 0.6 is 0 Å². The Morgan fingerprint density at radius 3 is 1.37 bits per heavy atom. The first-order valence-corrected chi connectivity index (χ1v) is 9.31. The van der Waals surface area contributed by atoms with Gasteiger partial charge in [-0.25, -0.2) is 0 Å². The number of nitrogens with one attached hydrogen (secondary N) is 1. The molecule has 1 aliphatic heterocycles. The highest BCUT2D eigenvalue weighted by atomic mass is 15.2. The maximum absolute atomic E-state index is 3.32. The molecular formula is C21H22B3N3. The van der Waals surface area contributed by atoms with Crippen LogP contribution in [0.5, 0.6) is 0 Å². The molecule has 0 aromatic heterocycles. The van der Waals surface area contributed by atoms with Crippen LogP contribution < -0.4 is 20.0 Å². The molecule has 0 atom stereocenters. The van der Waals surface area contributed by atoms with Crippen molar-refractivity contribution in [2.45, 2.75) is 20.8 Å². The number of nitrogens with zero attached hydrogens (tertiary/aromatic N) is 2. The summed E-state index contributed by atoms with van der Waals surface area (Å²) >= 11 is 0. The molecule has 1 fully saturated rings. The average molecular weight is 349 g/mol. The van der Waals surface area contributed by atoms with Crippen LogP contribution in [0, 0.1) is 20.8 Å². The Hall–Kier alpha value is -2.59. The normalized spacial score (nSPS) is 14.0. The zero-order valence-electron chi connectivity index (χ0n) is 16.1. The van der Waals surface area contributed by atoms with Crippen molar-refractivity contribution in [1.82, 2.24) is 5.14 Å². The van der Waals surface area contributed by atoms with Gasteiger partial charge in [-0.15, -0.1) is 0 Å². The molecular weight excluding hydrogens is 327 g/mol. The van der Waals surface area contributed by atoms with Gasteiger partial charge in [0.25, 0.3) is 0 Å². The smallest absolute Gasteiger partial charge is 0.386 e. The van der Waals surface area contributed by atoms with Crippen LogP contribution in [0.15, 0.2) is 72.8 Å². The molecule has 1 saturated heterocycles. The van der Waals surface area contributed by atoms with E-state index in [1.54, 1.807) is 0 Å². The van der Waals surface area contributed by atoms with Crippen molar-refractivity contribution in [2.75, 3.05) is 9.44 Å². The van der Waals surface area contributed by atoms with E-state index in [9.17, 15) is 0 Å². The highest BCUT2D eigenvalue weighted by molar-refractivity contribution is 6.96. The molecule has 1 heterocycles. The number of aryl methyl sites for hydroxylation is 3. The molecule has 0 aliphatic carbocycles. The van der Waals surface area contributed by atoms with Gasteiger partial charge in [-0.05, 0) is 50.5 Å². The third kappa shape index (κ3) is 3.76. The minimum Gasteiger partial charge on any atom is -0.429 e. The summed E-state index contributed by atoms with van der Waals surface area (Å²) in [7, 11) is 4.08. The second-order valence-corrected chi connectivity index (χ2v) is 7.19. The Labute approximate surface area is 164 Å². The molecule has 4 rings (SSSR count). The van der Waals surface area contributed by atoms with Gasteiger partial charge in [0, 0.05) is 11.4 Å². The lowest BCUT2D eigenvalue weighted by Gasteiger charge is -2.44. The van der Waals surface area contributed by atoms with Crippen molar-refractivity contribution in [3.05, 3.63) is 89.5 Å². The van der Waals surface area contributed by atoms with Gasteiger partial charge in [0.2, 0.25) is 0 Å². The van der Waals surface area contributed by atoms with Crippen molar-refractivity contribution >= 4 is 38.9 Å². The van der Waals surface area contributed by atoms with E-state index < -0.39 is 0 Å². The van der Waals surface area contributed by atoms with Crippen LogP contribution in [0.3, 0.4) is 0 Å². The lowest BCUT2D eigenvalue weighted by Crippen LogP contribution is -2.72. The SMILES string of the molecule is Cc1ccc(B2N(c3ccc(C)cc3)[B]N[B]N2c2ccc(C)cc2)cc1. The first-order valence-electron chi connectivity index (χ1n) is 9.31. The number of rotatable bonds is 3. The van der Waals surface area contributed by atoms with Gasteiger partial charge in [0.1, 0.15) is 0 Å². The standard InChI is InChI=1S/C21H22B3N3/c1-16-4-10-19(11-5-16)24-26(20-12-6-17(2)7-13-20)22-25-23-27(24)21-14-8-18(3)9-15-21/h4-15,25H,1-3H3. The Bertz CT molecular complexity index is 842. The summed E-state index contributed by atoms with van der Waals surface area (Å²) in [4.78, 5) is 0. The van der Waals surface area contributed by atoms with Crippen LogP contribution in [0.4, 0.5) is 11.4 Å². The average Bonchev–Trinajstić information content (AvgIpc) is 2.69. The number of anilines is 2. The van der Waals surface area contributed by atoms with Crippen LogP contribution in [0.25, 0.3) is 0 Å². The quantitative estimate of drug-likeness (QED) is 0.734. The zero-order valence-corrected chi connectivity index (χ0v) is 16.1. The first-order chi connectivity index (χ1) is 13.1. The summed E-state index contributed by atoms with van der Waals surface area (Å²) in [6.07, 6.45) is 0. The van der Waals surface area contributed by atoms with Gasteiger partial charge in [-0.1, -0.05) is 65.2 Å². The van der Waals surface area contributed by atoms with E-state index in [2.05, 4.69) is 108 Å². The predicted octanol–water partition coefficient (Wildman–Crippen LogP) is 2.99. The van der Waals surface area contributed by atoms with Crippen LogP contribution in [0.2, 0.25) is 0 Å². The summed E-state index contributed by atoms with van der Waals surface area (Å²) in [5, 5.41) is 3.32. The van der Waals surface area contributed by atoms with Crippen molar-refractivity contribution in [1.29, 1.82) is 0 Å². The molecule has 0 amide bonds. The van der Waals surface area contributed by atoms with Gasteiger partial charge < -0.3 is 14.6 Å². The van der Waals surface area contributed by atoms with E-state index in [0.717, 1.165) is 11.4 Å². The van der Waals surface area contributed by atoms with E-state index in [1.165, 1.54) is 22.2 Å². The van der Waals surface area contributed by atoms with Gasteiger partial charge >= 0.3 is 22.1 Å². The lowest BCUT2D eigenvalue weighted by atomic mass is 9.54.